The lowest BCUT2D eigenvalue weighted by atomic mass is 10.0. The second kappa shape index (κ2) is 4.14. The average molecular weight is 214 g/mol. The molecular formula is C13H14N2O. The molecule has 82 valence electrons. The smallest absolute Gasteiger partial charge is 0.118 e. The van der Waals surface area contributed by atoms with E-state index in [1.165, 1.54) is 0 Å². The number of methoxy groups -OCH3 is 1. The highest BCUT2D eigenvalue weighted by Gasteiger charge is 2.02. The van der Waals surface area contributed by atoms with Crippen LogP contribution in [0.2, 0.25) is 0 Å². The van der Waals surface area contributed by atoms with Crippen LogP contribution >= 0.6 is 0 Å². The number of hydrogen-bond donors (Lipinski definition) is 2. The Morgan fingerprint density at radius 3 is 2.19 bits per heavy atom. The van der Waals surface area contributed by atoms with Gasteiger partial charge in [0.2, 0.25) is 0 Å². The number of benzene rings is 2. The van der Waals surface area contributed by atoms with Gasteiger partial charge in [0.15, 0.2) is 0 Å². The zero-order valence-corrected chi connectivity index (χ0v) is 9.10. The van der Waals surface area contributed by atoms with Crippen molar-refractivity contribution in [3.8, 4) is 16.9 Å². The van der Waals surface area contributed by atoms with Crippen molar-refractivity contribution in [2.45, 2.75) is 0 Å². The maximum atomic E-state index is 5.91. The summed E-state index contributed by atoms with van der Waals surface area (Å²) in [7, 11) is 1.65. The van der Waals surface area contributed by atoms with Crippen LogP contribution in [0.1, 0.15) is 0 Å². The lowest BCUT2D eigenvalue weighted by Crippen LogP contribution is -1.93. The second-order valence-corrected chi connectivity index (χ2v) is 3.58. The maximum Gasteiger partial charge on any atom is 0.118 e. The highest BCUT2D eigenvalue weighted by atomic mass is 16.5. The van der Waals surface area contributed by atoms with Gasteiger partial charge in [-0.25, -0.2) is 0 Å². The summed E-state index contributed by atoms with van der Waals surface area (Å²) < 4.78 is 5.10. The first-order valence-electron chi connectivity index (χ1n) is 5.00. The molecule has 0 unspecified atom stereocenters. The van der Waals surface area contributed by atoms with Crippen LogP contribution in [-0.4, -0.2) is 7.11 Å². The van der Waals surface area contributed by atoms with Gasteiger partial charge in [-0.3, -0.25) is 0 Å². The molecule has 4 N–H and O–H groups in total. The fourth-order valence-corrected chi connectivity index (χ4v) is 1.61. The van der Waals surface area contributed by atoms with Crippen LogP contribution in [-0.2, 0) is 0 Å². The number of nitrogen functional groups attached to an aromatic ring is 2. The van der Waals surface area contributed by atoms with E-state index in [-0.39, 0.29) is 0 Å². The van der Waals surface area contributed by atoms with Gasteiger partial charge in [0.05, 0.1) is 7.11 Å². The topological polar surface area (TPSA) is 61.3 Å². The molecule has 0 aliphatic carbocycles. The van der Waals surface area contributed by atoms with Crippen molar-refractivity contribution < 1.29 is 4.74 Å². The van der Waals surface area contributed by atoms with Gasteiger partial charge in [-0.2, -0.15) is 0 Å². The van der Waals surface area contributed by atoms with Crippen LogP contribution in [0.3, 0.4) is 0 Å². The molecule has 0 saturated heterocycles. The molecule has 0 fully saturated rings. The lowest BCUT2D eigenvalue weighted by Gasteiger charge is -2.07. The van der Waals surface area contributed by atoms with E-state index in [1.807, 2.05) is 36.4 Å². The molecule has 0 bridgehead atoms. The Kier molecular flexibility index (Phi) is 2.68. The van der Waals surface area contributed by atoms with Gasteiger partial charge >= 0.3 is 0 Å². The van der Waals surface area contributed by atoms with E-state index in [0.717, 1.165) is 16.9 Å². The van der Waals surface area contributed by atoms with Crippen molar-refractivity contribution in [3.05, 3.63) is 42.5 Å². The summed E-state index contributed by atoms with van der Waals surface area (Å²) in [4.78, 5) is 0. The third kappa shape index (κ3) is 1.93. The molecule has 0 spiro atoms. The molecule has 16 heavy (non-hydrogen) atoms. The Bertz CT molecular complexity index is 492. The Morgan fingerprint density at radius 1 is 0.938 bits per heavy atom. The van der Waals surface area contributed by atoms with E-state index in [2.05, 4.69) is 0 Å². The normalized spacial score (nSPS) is 10.1. The minimum absolute atomic E-state index is 0.676. The van der Waals surface area contributed by atoms with Crippen LogP contribution in [0.5, 0.6) is 5.75 Å². The zero-order valence-electron chi connectivity index (χ0n) is 9.10. The Hall–Kier alpha value is -2.16. The largest absolute Gasteiger partial charge is 0.497 e. The van der Waals surface area contributed by atoms with Gasteiger partial charge in [-0.05, 0) is 29.8 Å². The van der Waals surface area contributed by atoms with Crippen molar-refractivity contribution >= 4 is 11.4 Å². The highest BCUT2D eigenvalue weighted by Crippen LogP contribution is 2.28. The lowest BCUT2D eigenvalue weighted by molar-refractivity contribution is 0.415. The molecule has 0 saturated carbocycles. The van der Waals surface area contributed by atoms with Gasteiger partial charge in [-0.1, -0.05) is 18.2 Å². The first-order chi connectivity index (χ1) is 7.70. The summed E-state index contributed by atoms with van der Waals surface area (Å²) in [6.45, 7) is 0. The molecule has 0 aliphatic rings. The maximum absolute atomic E-state index is 5.91. The number of anilines is 2. The zero-order chi connectivity index (χ0) is 11.5. The Balaban J connectivity index is 2.42. The van der Waals surface area contributed by atoms with Crippen LogP contribution in [0, 0.1) is 0 Å². The molecule has 0 radical (unpaired) electrons. The predicted molar refractivity (Wildman–Crippen MR) is 67.3 cm³/mol. The standard InChI is InChI=1S/C13H14N2O/c1-16-11-5-2-9(3-6-11)12-7-4-10(14)8-13(12)15/h2-8H,14-15H2,1H3. The molecule has 2 rings (SSSR count). The predicted octanol–water partition coefficient (Wildman–Crippen LogP) is 2.53. The summed E-state index contributed by atoms with van der Waals surface area (Å²) in [5, 5.41) is 0. The molecule has 2 aromatic carbocycles. The van der Waals surface area contributed by atoms with Crippen LogP contribution in [0.25, 0.3) is 11.1 Å². The molecule has 0 aliphatic heterocycles. The van der Waals surface area contributed by atoms with Gasteiger partial charge in [0, 0.05) is 16.9 Å². The van der Waals surface area contributed by atoms with Crippen molar-refractivity contribution in [1.82, 2.24) is 0 Å². The van der Waals surface area contributed by atoms with Crippen molar-refractivity contribution in [1.29, 1.82) is 0 Å². The molecule has 3 heteroatoms. The Morgan fingerprint density at radius 2 is 1.62 bits per heavy atom. The molecule has 0 atom stereocenters. The van der Waals surface area contributed by atoms with E-state index in [1.54, 1.807) is 13.2 Å². The Labute approximate surface area is 94.6 Å². The van der Waals surface area contributed by atoms with Crippen molar-refractivity contribution in [3.63, 3.8) is 0 Å². The molecule has 0 amide bonds. The van der Waals surface area contributed by atoms with Gasteiger partial charge < -0.3 is 16.2 Å². The summed E-state index contributed by atoms with van der Waals surface area (Å²) in [6, 6.07) is 13.3. The molecule has 0 aromatic heterocycles. The molecular weight excluding hydrogens is 200 g/mol. The molecule has 2 aromatic rings. The summed E-state index contributed by atoms with van der Waals surface area (Å²) in [5.74, 6) is 0.831. The fourth-order valence-electron chi connectivity index (χ4n) is 1.61. The third-order valence-corrected chi connectivity index (χ3v) is 2.48. The quantitative estimate of drug-likeness (QED) is 0.755. The first-order valence-corrected chi connectivity index (χ1v) is 5.00. The van der Waals surface area contributed by atoms with Crippen molar-refractivity contribution in [2.75, 3.05) is 18.6 Å². The van der Waals surface area contributed by atoms with E-state index in [9.17, 15) is 0 Å². The molecule has 0 heterocycles. The van der Waals surface area contributed by atoms with Gasteiger partial charge in [0.25, 0.3) is 0 Å². The third-order valence-electron chi connectivity index (χ3n) is 2.48. The SMILES string of the molecule is COc1ccc(-c2ccc(N)cc2N)cc1. The fraction of sp³-hybridized carbons (Fsp3) is 0.0769. The highest BCUT2D eigenvalue weighted by molar-refractivity contribution is 5.78. The number of hydrogen-bond acceptors (Lipinski definition) is 3. The van der Waals surface area contributed by atoms with E-state index >= 15 is 0 Å². The van der Waals surface area contributed by atoms with Crippen LogP contribution in [0.15, 0.2) is 42.5 Å². The van der Waals surface area contributed by atoms with E-state index < -0.39 is 0 Å². The first kappa shape index (κ1) is 10.4. The van der Waals surface area contributed by atoms with E-state index in [4.69, 9.17) is 16.2 Å². The van der Waals surface area contributed by atoms with Gasteiger partial charge in [0.1, 0.15) is 5.75 Å². The van der Waals surface area contributed by atoms with Crippen LogP contribution in [0.4, 0.5) is 11.4 Å². The minimum Gasteiger partial charge on any atom is -0.497 e. The molecule has 3 nitrogen and oxygen atoms in total. The number of nitrogens with two attached hydrogens (primary N) is 2. The summed E-state index contributed by atoms with van der Waals surface area (Å²) in [5.41, 5.74) is 15.0. The summed E-state index contributed by atoms with van der Waals surface area (Å²) in [6.07, 6.45) is 0. The monoisotopic (exact) mass is 214 g/mol. The van der Waals surface area contributed by atoms with Gasteiger partial charge in [-0.15, -0.1) is 0 Å². The number of ether oxygens (including phenoxy) is 1. The summed E-state index contributed by atoms with van der Waals surface area (Å²) >= 11 is 0. The minimum atomic E-state index is 0.676. The number of rotatable bonds is 2. The van der Waals surface area contributed by atoms with E-state index in [0.29, 0.717) is 11.4 Å². The second-order valence-electron chi connectivity index (χ2n) is 3.58. The van der Waals surface area contributed by atoms with Crippen molar-refractivity contribution in [2.24, 2.45) is 0 Å². The van der Waals surface area contributed by atoms with Crippen LogP contribution < -0.4 is 16.2 Å². The average Bonchev–Trinajstić information content (AvgIpc) is 2.29.